The van der Waals surface area contributed by atoms with Crippen molar-refractivity contribution in [3.63, 3.8) is 0 Å². The first-order valence-electron chi connectivity index (χ1n) is 7.69. The normalized spacial score (nSPS) is 17.6. The van der Waals surface area contributed by atoms with Gasteiger partial charge in [-0.1, -0.05) is 34.1 Å². The molecule has 1 aromatic heterocycles. The number of rotatable bonds is 2. The minimum Gasteiger partial charge on any atom is -0.350 e. The molecule has 3 aromatic rings. The van der Waals surface area contributed by atoms with Crippen LogP contribution in [-0.4, -0.2) is 15.6 Å². The summed E-state index contributed by atoms with van der Waals surface area (Å²) >= 11 is 4.76. The van der Waals surface area contributed by atoms with Crippen LogP contribution in [0.1, 0.15) is 5.56 Å². The minimum atomic E-state index is -0.117. The van der Waals surface area contributed by atoms with Crippen molar-refractivity contribution in [2.45, 2.75) is 0 Å². The maximum absolute atomic E-state index is 12.3. The van der Waals surface area contributed by atoms with E-state index >= 15 is 0 Å². The number of benzene rings is 2. The maximum Gasteiger partial charge on any atom is 0.264 e. The van der Waals surface area contributed by atoms with Crippen molar-refractivity contribution >= 4 is 61.4 Å². The number of aryl methyl sites for hydroxylation is 1. The Kier molecular flexibility index (Phi) is 4.23. The zero-order valence-corrected chi connectivity index (χ0v) is 15.8. The minimum absolute atomic E-state index is 0.117. The standard InChI is InChI=1S/C19H14BrN3OS/c1-23-11-12(15-4-2-3-5-16(15)23)10-17-18(24)22-19(25-17)21-14-8-6-13(20)7-9-14/h2-11H,1H3,(H,21,22,24). The molecule has 0 aliphatic carbocycles. The molecule has 2 heterocycles. The van der Waals surface area contributed by atoms with Gasteiger partial charge in [-0.2, -0.15) is 0 Å². The monoisotopic (exact) mass is 411 g/mol. The van der Waals surface area contributed by atoms with E-state index in [1.54, 1.807) is 0 Å². The van der Waals surface area contributed by atoms with E-state index in [-0.39, 0.29) is 5.91 Å². The number of aliphatic imine (C=N–C) groups is 1. The van der Waals surface area contributed by atoms with Crippen LogP contribution in [0.2, 0.25) is 0 Å². The third kappa shape index (κ3) is 3.27. The van der Waals surface area contributed by atoms with Crippen LogP contribution in [0.4, 0.5) is 5.69 Å². The van der Waals surface area contributed by atoms with E-state index in [9.17, 15) is 4.79 Å². The molecule has 124 valence electrons. The van der Waals surface area contributed by atoms with Gasteiger partial charge in [0.25, 0.3) is 5.91 Å². The molecule has 1 saturated heterocycles. The highest BCUT2D eigenvalue weighted by Crippen LogP contribution is 2.30. The molecule has 0 atom stereocenters. The Labute approximate surface area is 157 Å². The lowest BCUT2D eigenvalue weighted by molar-refractivity contribution is -0.115. The Hall–Kier alpha value is -2.31. The summed E-state index contributed by atoms with van der Waals surface area (Å²) in [5, 5.41) is 4.55. The van der Waals surface area contributed by atoms with Gasteiger partial charge in [-0.05, 0) is 48.2 Å². The summed E-state index contributed by atoms with van der Waals surface area (Å²) < 4.78 is 3.06. The number of amidine groups is 1. The van der Waals surface area contributed by atoms with Crippen molar-refractivity contribution in [3.8, 4) is 0 Å². The molecule has 1 aliphatic heterocycles. The quantitative estimate of drug-likeness (QED) is 0.613. The first-order chi connectivity index (χ1) is 12.1. The van der Waals surface area contributed by atoms with Gasteiger partial charge in [-0.25, -0.2) is 4.99 Å². The van der Waals surface area contributed by atoms with E-state index in [1.165, 1.54) is 11.8 Å². The Bertz CT molecular complexity index is 1030. The molecule has 4 rings (SSSR count). The highest BCUT2D eigenvalue weighted by molar-refractivity contribution is 9.10. The van der Waals surface area contributed by atoms with E-state index < -0.39 is 0 Å². The Balaban J connectivity index is 1.66. The fourth-order valence-corrected chi connectivity index (χ4v) is 3.84. The van der Waals surface area contributed by atoms with Crippen LogP contribution in [0.25, 0.3) is 17.0 Å². The largest absolute Gasteiger partial charge is 0.350 e. The number of nitrogens with one attached hydrogen (secondary N) is 1. The number of carbonyl (C=O) groups excluding carboxylic acids is 1. The van der Waals surface area contributed by atoms with Crippen LogP contribution in [0.5, 0.6) is 0 Å². The molecule has 0 bridgehead atoms. The number of fused-ring (bicyclic) bond motifs is 1. The maximum atomic E-state index is 12.3. The summed E-state index contributed by atoms with van der Waals surface area (Å²) in [6, 6.07) is 15.8. The van der Waals surface area contributed by atoms with Crippen LogP contribution >= 0.6 is 27.7 Å². The number of aromatic nitrogens is 1. The topological polar surface area (TPSA) is 46.4 Å². The lowest BCUT2D eigenvalue weighted by Crippen LogP contribution is -2.19. The number of para-hydroxylation sites is 1. The number of nitrogens with zero attached hydrogens (tertiary/aromatic N) is 2. The first-order valence-corrected chi connectivity index (χ1v) is 9.30. The van der Waals surface area contributed by atoms with Gasteiger partial charge in [0.2, 0.25) is 0 Å². The smallest absolute Gasteiger partial charge is 0.264 e. The van der Waals surface area contributed by atoms with Crippen LogP contribution < -0.4 is 5.32 Å². The first kappa shape index (κ1) is 16.2. The molecule has 2 aromatic carbocycles. The molecule has 1 fully saturated rings. The summed E-state index contributed by atoms with van der Waals surface area (Å²) in [5.74, 6) is -0.117. The van der Waals surface area contributed by atoms with Gasteiger partial charge in [0.05, 0.1) is 10.6 Å². The molecule has 0 unspecified atom stereocenters. The summed E-state index contributed by atoms with van der Waals surface area (Å²) in [6.07, 6.45) is 3.96. The lowest BCUT2D eigenvalue weighted by Gasteiger charge is -1.96. The fraction of sp³-hybridized carbons (Fsp3) is 0.0526. The number of carbonyl (C=O) groups is 1. The van der Waals surface area contributed by atoms with Crippen molar-refractivity contribution in [2.24, 2.45) is 12.0 Å². The number of halogens is 1. The molecule has 6 heteroatoms. The molecule has 1 N–H and O–H groups in total. The predicted octanol–water partition coefficient (Wildman–Crippen LogP) is 4.83. The fourth-order valence-electron chi connectivity index (χ4n) is 2.74. The van der Waals surface area contributed by atoms with Crippen LogP contribution in [0.3, 0.4) is 0 Å². The van der Waals surface area contributed by atoms with E-state index in [1.807, 2.05) is 55.7 Å². The van der Waals surface area contributed by atoms with Crippen LogP contribution in [0, 0.1) is 0 Å². The van der Waals surface area contributed by atoms with Crippen molar-refractivity contribution in [3.05, 3.63) is 69.7 Å². The number of thioether (sulfide) groups is 1. The van der Waals surface area contributed by atoms with Gasteiger partial charge >= 0.3 is 0 Å². The summed E-state index contributed by atoms with van der Waals surface area (Å²) in [4.78, 5) is 17.4. The van der Waals surface area contributed by atoms with Crippen LogP contribution in [-0.2, 0) is 11.8 Å². The van der Waals surface area contributed by atoms with Gasteiger partial charge in [0, 0.05) is 34.2 Å². The van der Waals surface area contributed by atoms with Crippen molar-refractivity contribution in [2.75, 3.05) is 0 Å². The second kappa shape index (κ2) is 6.54. The van der Waals surface area contributed by atoms with Gasteiger partial charge in [0.1, 0.15) is 0 Å². The van der Waals surface area contributed by atoms with Crippen molar-refractivity contribution in [1.29, 1.82) is 0 Å². The number of hydrogen-bond acceptors (Lipinski definition) is 3. The van der Waals surface area contributed by atoms with Gasteiger partial charge < -0.3 is 9.88 Å². The Morgan fingerprint density at radius 1 is 1.16 bits per heavy atom. The molecule has 4 nitrogen and oxygen atoms in total. The summed E-state index contributed by atoms with van der Waals surface area (Å²) in [6.45, 7) is 0. The second-order valence-electron chi connectivity index (χ2n) is 5.67. The van der Waals surface area contributed by atoms with E-state index in [0.717, 1.165) is 26.6 Å². The van der Waals surface area contributed by atoms with E-state index in [4.69, 9.17) is 0 Å². The zero-order valence-electron chi connectivity index (χ0n) is 13.4. The SMILES string of the molecule is Cn1cc(C=C2SC(=Nc3ccc(Br)cc3)NC2=O)c2ccccc21. The zero-order chi connectivity index (χ0) is 17.4. The van der Waals surface area contributed by atoms with Crippen molar-refractivity contribution in [1.82, 2.24) is 9.88 Å². The molecular weight excluding hydrogens is 398 g/mol. The summed E-state index contributed by atoms with van der Waals surface area (Å²) in [5.41, 5.74) is 2.97. The Morgan fingerprint density at radius 2 is 1.92 bits per heavy atom. The molecule has 0 saturated carbocycles. The summed E-state index contributed by atoms with van der Waals surface area (Å²) in [7, 11) is 2.01. The average molecular weight is 412 g/mol. The molecule has 1 aliphatic rings. The third-order valence-electron chi connectivity index (χ3n) is 3.92. The second-order valence-corrected chi connectivity index (χ2v) is 7.62. The van der Waals surface area contributed by atoms with Gasteiger partial charge in [-0.3, -0.25) is 4.79 Å². The van der Waals surface area contributed by atoms with Crippen LogP contribution in [0.15, 0.2) is 69.1 Å². The van der Waals surface area contributed by atoms with Gasteiger partial charge in [-0.15, -0.1) is 0 Å². The molecule has 0 spiro atoms. The molecule has 1 amide bonds. The number of hydrogen-bond donors (Lipinski definition) is 1. The Morgan fingerprint density at radius 3 is 2.72 bits per heavy atom. The number of amides is 1. The van der Waals surface area contributed by atoms with Crippen molar-refractivity contribution < 1.29 is 4.79 Å². The average Bonchev–Trinajstić information content (AvgIpc) is 3.11. The van der Waals surface area contributed by atoms with E-state index in [0.29, 0.717) is 10.1 Å². The highest BCUT2D eigenvalue weighted by Gasteiger charge is 2.24. The van der Waals surface area contributed by atoms with E-state index in [2.05, 4.69) is 42.9 Å². The molecule has 0 radical (unpaired) electrons. The highest BCUT2D eigenvalue weighted by atomic mass is 79.9. The lowest BCUT2D eigenvalue weighted by atomic mass is 10.1. The molecule has 25 heavy (non-hydrogen) atoms. The third-order valence-corrected chi connectivity index (χ3v) is 5.36. The van der Waals surface area contributed by atoms with Gasteiger partial charge in [0.15, 0.2) is 5.17 Å². The predicted molar refractivity (Wildman–Crippen MR) is 108 cm³/mol. The molecular formula is C19H14BrN3OS.